The Balaban J connectivity index is 2.14. The second-order valence-electron chi connectivity index (χ2n) is 5.19. The topological polar surface area (TPSA) is 30.2 Å². The van der Waals surface area contributed by atoms with Crippen LogP contribution in [0.5, 0.6) is 0 Å². The molecule has 0 unspecified atom stereocenters. The molecule has 0 aliphatic heterocycles. The van der Waals surface area contributed by atoms with Crippen molar-refractivity contribution < 1.29 is 9.21 Å². The highest BCUT2D eigenvalue weighted by Gasteiger charge is 2.17. The van der Waals surface area contributed by atoms with Gasteiger partial charge in [-0.15, -0.1) is 0 Å². The molecule has 0 aliphatic rings. The Morgan fingerprint density at radius 1 is 1.00 bits per heavy atom. The van der Waals surface area contributed by atoms with Crippen LogP contribution in [0.3, 0.4) is 0 Å². The zero-order valence-electron chi connectivity index (χ0n) is 11.8. The summed E-state index contributed by atoms with van der Waals surface area (Å²) in [6.07, 6.45) is 1.78. The normalized spacial score (nSPS) is 11.6. The van der Waals surface area contributed by atoms with Gasteiger partial charge < -0.3 is 4.42 Å². The van der Waals surface area contributed by atoms with Gasteiger partial charge in [-0.2, -0.15) is 0 Å². The van der Waals surface area contributed by atoms with Crippen LogP contribution in [0.2, 0.25) is 0 Å². The Morgan fingerprint density at radius 2 is 1.70 bits per heavy atom. The molecule has 2 aromatic carbocycles. The number of hydrogen-bond donors (Lipinski definition) is 0. The molecule has 1 aromatic heterocycles. The Hall–Kier alpha value is -2.09. The predicted octanol–water partition coefficient (Wildman–Crippen LogP) is 5.20. The fourth-order valence-electron chi connectivity index (χ4n) is 2.77. The number of benzene rings is 2. The number of para-hydroxylation sites is 1. The van der Waals surface area contributed by atoms with Crippen molar-refractivity contribution in [2.45, 2.75) is 26.7 Å². The quantitative estimate of drug-likeness (QED) is 0.607. The molecule has 2 heteroatoms. The van der Waals surface area contributed by atoms with Gasteiger partial charge in [0.25, 0.3) is 0 Å². The van der Waals surface area contributed by atoms with Gasteiger partial charge in [-0.3, -0.25) is 4.79 Å². The van der Waals surface area contributed by atoms with Gasteiger partial charge in [0.05, 0.1) is 0 Å². The first-order chi connectivity index (χ1) is 9.74. The number of furan rings is 1. The SMILES string of the molecule is CCC(CC)C(=O)c1ccc2oc3ccccc3c2c1. The Kier molecular flexibility index (Phi) is 3.31. The second-order valence-corrected chi connectivity index (χ2v) is 5.19. The lowest BCUT2D eigenvalue weighted by Crippen LogP contribution is -2.12. The van der Waals surface area contributed by atoms with Crippen LogP contribution < -0.4 is 0 Å². The Morgan fingerprint density at radius 3 is 2.45 bits per heavy atom. The smallest absolute Gasteiger partial charge is 0.165 e. The lowest BCUT2D eigenvalue weighted by Gasteiger charge is -2.10. The van der Waals surface area contributed by atoms with Gasteiger partial charge in [-0.25, -0.2) is 0 Å². The monoisotopic (exact) mass is 266 g/mol. The summed E-state index contributed by atoms with van der Waals surface area (Å²) in [6.45, 7) is 4.13. The molecule has 3 aromatic rings. The summed E-state index contributed by atoms with van der Waals surface area (Å²) in [5.41, 5.74) is 2.50. The molecule has 0 spiro atoms. The summed E-state index contributed by atoms with van der Waals surface area (Å²) >= 11 is 0. The van der Waals surface area contributed by atoms with E-state index in [2.05, 4.69) is 13.8 Å². The van der Waals surface area contributed by atoms with Gasteiger partial charge in [0.1, 0.15) is 11.2 Å². The van der Waals surface area contributed by atoms with Gasteiger partial charge in [0.2, 0.25) is 0 Å². The van der Waals surface area contributed by atoms with Crippen molar-refractivity contribution in [3.05, 3.63) is 48.0 Å². The zero-order chi connectivity index (χ0) is 14.1. The third-order valence-corrected chi connectivity index (χ3v) is 4.02. The van der Waals surface area contributed by atoms with Gasteiger partial charge in [-0.1, -0.05) is 32.0 Å². The number of fused-ring (bicyclic) bond motifs is 3. The van der Waals surface area contributed by atoms with Crippen molar-refractivity contribution in [3.8, 4) is 0 Å². The summed E-state index contributed by atoms with van der Waals surface area (Å²) in [7, 11) is 0. The van der Waals surface area contributed by atoms with E-state index in [0.717, 1.165) is 40.3 Å². The number of Topliss-reactive ketones (excluding diaryl/α,β-unsaturated/α-hetero) is 1. The van der Waals surface area contributed by atoms with E-state index in [1.165, 1.54) is 0 Å². The summed E-state index contributed by atoms with van der Waals surface area (Å²) < 4.78 is 5.79. The summed E-state index contributed by atoms with van der Waals surface area (Å²) in [4.78, 5) is 12.5. The lowest BCUT2D eigenvalue weighted by atomic mass is 9.92. The highest BCUT2D eigenvalue weighted by atomic mass is 16.3. The highest BCUT2D eigenvalue weighted by molar-refractivity contribution is 6.08. The highest BCUT2D eigenvalue weighted by Crippen LogP contribution is 2.30. The van der Waals surface area contributed by atoms with E-state index in [9.17, 15) is 4.79 Å². The molecule has 0 amide bonds. The van der Waals surface area contributed by atoms with E-state index < -0.39 is 0 Å². The summed E-state index contributed by atoms with van der Waals surface area (Å²) in [5.74, 6) is 0.354. The van der Waals surface area contributed by atoms with Gasteiger partial charge >= 0.3 is 0 Å². The van der Waals surface area contributed by atoms with Crippen LogP contribution in [0.1, 0.15) is 37.0 Å². The van der Waals surface area contributed by atoms with Crippen LogP contribution in [-0.4, -0.2) is 5.78 Å². The third kappa shape index (κ3) is 2.01. The molecule has 0 saturated heterocycles. The van der Waals surface area contributed by atoms with Crippen LogP contribution in [0.15, 0.2) is 46.9 Å². The molecular weight excluding hydrogens is 248 g/mol. The minimum Gasteiger partial charge on any atom is -0.456 e. The van der Waals surface area contributed by atoms with E-state index in [1.54, 1.807) is 0 Å². The second kappa shape index (κ2) is 5.12. The molecule has 0 atom stereocenters. The molecule has 102 valence electrons. The first kappa shape index (κ1) is 12.9. The van der Waals surface area contributed by atoms with Crippen molar-refractivity contribution in [3.63, 3.8) is 0 Å². The first-order valence-corrected chi connectivity index (χ1v) is 7.20. The van der Waals surface area contributed by atoms with Gasteiger partial charge in [0.15, 0.2) is 5.78 Å². The Bertz CT molecular complexity index is 763. The van der Waals surface area contributed by atoms with Crippen molar-refractivity contribution in [2.24, 2.45) is 5.92 Å². The molecule has 0 N–H and O–H groups in total. The molecule has 0 radical (unpaired) electrons. The number of ketones is 1. The number of hydrogen-bond acceptors (Lipinski definition) is 2. The fraction of sp³-hybridized carbons (Fsp3) is 0.278. The maximum atomic E-state index is 12.5. The van der Waals surface area contributed by atoms with E-state index in [4.69, 9.17) is 4.42 Å². The standard InChI is InChI=1S/C18H18O2/c1-3-12(4-2)18(19)13-9-10-17-15(11-13)14-7-5-6-8-16(14)20-17/h5-12H,3-4H2,1-2H3. The van der Waals surface area contributed by atoms with Crippen LogP contribution in [0, 0.1) is 5.92 Å². The van der Waals surface area contributed by atoms with Crippen LogP contribution >= 0.6 is 0 Å². The molecule has 20 heavy (non-hydrogen) atoms. The molecule has 0 bridgehead atoms. The lowest BCUT2D eigenvalue weighted by molar-refractivity contribution is 0.0913. The molecule has 0 fully saturated rings. The van der Waals surface area contributed by atoms with Crippen molar-refractivity contribution >= 4 is 27.7 Å². The molecule has 2 nitrogen and oxygen atoms in total. The fourth-order valence-corrected chi connectivity index (χ4v) is 2.77. The molecular formula is C18H18O2. The predicted molar refractivity (Wildman–Crippen MR) is 82.1 cm³/mol. The number of rotatable bonds is 4. The van der Waals surface area contributed by atoms with E-state index >= 15 is 0 Å². The molecule has 0 aliphatic carbocycles. The van der Waals surface area contributed by atoms with Gasteiger partial charge in [0, 0.05) is 22.3 Å². The first-order valence-electron chi connectivity index (χ1n) is 7.20. The Labute approximate surface area is 118 Å². The van der Waals surface area contributed by atoms with Gasteiger partial charge in [-0.05, 0) is 37.1 Å². The zero-order valence-corrected chi connectivity index (χ0v) is 11.8. The van der Waals surface area contributed by atoms with Crippen LogP contribution in [0.4, 0.5) is 0 Å². The van der Waals surface area contributed by atoms with E-state index in [-0.39, 0.29) is 11.7 Å². The van der Waals surface area contributed by atoms with E-state index in [0.29, 0.717) is 0 Å². The summed E-state index contributed by atoms with van der Waals surface area (Å²) in [5, 5.41) is 2.10. The minimum absolute atomic E-state index is 0.116. The van der Waals surface area contributed by atoms with Crippen molar-refractivity contribution in [1.82, 2.24) is 0 Å². The molecule has 3 rings (SSSR count). The van der Waals surface area contributed by atoms with Crippen LogP contribution in [-0.2, 0) is 0 Å². The van der Waals surface area contributed by atoms with Crippen molar-refractivity contribution in [1.29, 1.82) is 0 Å². The minimum atomic E-state index is 0.116. The molecule has 0 saturated carbocycles. The number of carbonyl (C=O) groups is 1. The maximum Gasteiger partial charge on any atom is 0.165 e. The maximum absolute atomic E-state index is 12.5. The van der Waals surface area contributed by atoms with Crippen molar-refractivity contribution in [2.75, 3.05) is 0 Å². The van der Waals surface area contributed by atoms with Crippen LogP contribution in [0.25, 0.3) is 21.9 Å². The molecule has 1 heterocycles. The van der Waals surface area contributed by atoms with E-state index in [1.807, 2.05) is 42.5 Å². The summed E-state index contributed by atoms with van der Waals surface area (Å²) in [6, 6.07) is 13.7. The third-order valence-electron chi connectivity index (χ3n) is 4.02. The average molecular weight is 266 g/mol. The largest absolute Gasteiger partial charge is 0.456 e. The average Bonchev–Trinajstić information content (AvgIpc) is 2.86. The number of carbonyl (C=O) groups excluding carboxylic acids is 1.